The Hall–Kier alpha value is -1.39. The standard InChI is InChI=1S/C12H19F2N3/c1-4-6-15-11-9(13)7-10(14)12(17-11)16-8(3)5-2/h7-8H,4-6H2,1-3H3,(H2,15,16,17). The molecule has 1 heterocycles. The number of nitrogens with zero attached hydrogens (tertiary/aromatic N) is 1. The molecule has 0 aliphatic rings. The van der Waals surface area contributed by atoms with Crippen molar-refractivity contribution in [3.8, 4) is 0 Å². The Bertz CT molecular complexity index is 369. The Labute approximate surface area is 101 Å². The van der Waals surface area contributed by atoms with E-state index in [0.29, 0.717) is 6.54 Å². The van der Waals surface area contributed by atoms with Gasteiger partial charge in [0, 0.05) is 18.7 Å². The van der Waals surface area contributed by atoms with Gasteiger partial charge in [0.1, 0.15) is 0 Å². The molecule has 17 heavy (non-hydrogen) atoms. The summed E-state index contributed by atoms with van der Waals surface area (Å²) in [6, 6.07) is 0.955. The first-order valence-corrected chi connectivity index (χ1v) is 5.94. The van der Waals surface area contributed by atoms with Gasteiger partial charge in [-0.25, -0.2) is 13.8 Å². The molecule has 0 saturated carbocycles. The van der Waals surface area contributed by atoms with Gasteiger partial charge in [-0.15, -0.1) is 0 Å². The number of rotatable bonds is 6. The molecule has 0 fully saturated rings. The number of pyridine rings is 1. The maximum atomic E-state index is 13.5. The molecule has 0 amide bonds. The number of aromatic nitrogens is 1. The summed E-state index contributed by atoms with van der Waals surface area (Å²) in [7, 11) is 0. The fourth-order valence-electron chi connectivity index (χ4n) is 1.27. The third-order valence-electron chi connectivity index (χ3n) is 2.47. The first kappa shape index (κ1) is 13.7. The average Bonchev–Trinajstić information content (AvgIpc) is 2.30. The Morgan fingerprint density at radius 2 is 1.88 bits per heavy atom. The summed E-state index contributed by atoms with van der Waals surface area (Å²) >= 11 is 0. The summed E-state index contributed by atoms with van der Waals surface area (Å²) in [5, 5.41) is 5.74. The van der Waals surface area contributed by atoms with E-state index >= 15 is 0 Å². The van der Waals surface area contributed by atoms with Gasteiger partial charge >= 0.3 is 0 Å². The van der Waals surface area contributed by atoms with Gasteiger partial charge in [-0.2, -0.15) is 0 Å². The zero-order valence-corrected chi connectivity index (χ0v) is 10.5. The van der Waals surface area contributed by atoms with Gasteiger partial charge in [-0.05, 0) is 19.8 Å². The van der Waals surface area contributed by atoms with E-state index in [1.807, 2.05) is 20.8 Å². The highest BCUT2D eigenvalue weighted by atomic mass is 19.1. The highest BCUT2D eigenvalue weighted by Gasteiger charge is 2.12. The fraction of sp³-hybridized carbons (Fsp3) is 0.583. The van der Waals surface area contributed by atoms with E-state index in [1.165, 1.54) is 0 Å². The van der Waals surface area contributed by atoms with Gasteiger partial charge in [0.15, 0.2) is 23.3 Å². The van der Waals surface area contributed by atoms with Gasteiger partial charge in [-0.3, -0.25) is 0 Å². The topological polar surface area (TPSA) is 37.0 Å². The zero-order chi connectivity index (χ0) is 12.8. The van der Waals surface area contributed by atoms with Crippen LogP contribution in [0.25, 0.3) is 0 Å². The molecule has 0 bridgehead atoms. The summed E-state index contributed by atoms with van der Waals surface area (Å²) < 4.78 is 26.8. The number of nitrogens with one attached hydrogen (secondary N) is 2. The lowest BCUT2D eigenvalue weighted by Gasteiger charge is -2.14. The lowest BCUT2D eigenvalue weighted by atomic mass is 10.2. The third-order valence-corrected chi connectivity index (χ3v) is 2.47. The summed E-state index contributed by atoms with van der Waals surface area (Å²) in [6.07, 6.45) is 1.70. The van der Waals surface area contributed by atoms with E-state index in [1.54, 1.807) is 0 Å². The van der Waals surface area contributed by atoms with Crippen LogP contribution in [0.15, 0.2) is 6.07 Å². The molecule has 1 aromatic heterocycles. The van der Waals surface area contributed by atoms with Crippen molar-refractivity contribution in [2.45, 2.75) is 39.7 Å². The fourth-order valence-corrected chi connectivity index (χ4v) is 1.27. The second kappa shape index (κ2) is 6.37. The minimum atomic E-state index is -0.662. The number of halogens is 2. The van der Waals surface area contributed by atoms with Crippen molar-refractivity contribution in [3.05, 3.63) is 17.7 Å². The Balaban J connectivity index is 2.89. The zero-order valence-electron chi connectivity index (χ0n) is 10.5. The Morgan fingerprint density at radius 1 is 1.24 bits per heavy atom. The molecule has 0 aliphatic heterocycles. The maximum Gasteiger partial charge on any atom is 0.168 e. The second-order valence-electron chi connectivity index (χ2n) is 4.03. The van der Waals surface area contributed by atoms with Crippen LogP contribution in [0.3, 0.4) is 0 Å². The first-order chi connectivity index (χ1) is 8.08. The van der Waals surface area contributed by atoms with Crippen molar-refractivity contribution in [1.29, 1.82) is 0 Å². The first-order valence-electron chi connectivity index (χ1n) is 5.94. The highest BCUT2D eigenvalue weighted by molar-refractivity contribution is 5.47. The van der Waals surface area contributed by atoms with Gasteiger partial charge in [0.25, 0.3) is 0 Å². The Kier molecular flexibility index (Phi) is 5.12. The summed E-state index contributed by atoms with van der Waals surface area (Å²) in [6.45, 7) is 6.48. The monoisotopic (exact) mass is 243 g/mol. The van der Waals surface area contributed by atoms with Crippen LogP contribution in [0, 0.1) is 11.6 Å². The van der Waals surface area contributed by atoms with Crippen molar-refractivity contribution in [1.82, 2.24) is 4.98 Å². The second-order valence-corrected chi connectivity index (χ2v) is 4.03. The molecule has 5 heteroatoms. The smallest absolute Gasteiger partial charge is 0.168 e. The minimum absolute atomic E-state index is 0.0963. The molecule has 1 atom stereocenters. The Morgan fingerprint density at radius 3 is 2.47 bits per heavy atom. The summed E-state index contributed by atoms with van der Waals surface area (Å²) in [5.74, 6) is -1.13. The largest absolute Gasteiger partial charge is 0.368 e. The molecular weight excluding hydrogens is 224 g/mol. The van der Waals surface area contributed by atoms with E-state index in [-0.39, 0.29) is 17.7 Å². The minimum Gasteiger partial charge on any atom is -0.368 e. The predicted molar refractivity (Wildman–Crippen MR) is 66.3 cm³/mol. The SMILES string of the molecule is CCCNc1nc(NC(C)CC)c(F)cc1F. The molecule has 1 rings (SSSR count). The van der Waals surface area contributed by atoms with Gasteiger partial charge in [-0.1, -0.05) is 13.8 Å². The van der Waals surface area contributed by atoms with E-state index in [0.717, 1.165) is 18.9 Å². The van der Waals surface area contributed by atoms with Crippen LogP contribution in [0.5, 0.6) is 0 Å². The molecular formula is C12H19F2N3. The average molecular weight is 243 g/mol. The van der Waals surface area contributed by atoms with Crippen LogP contribution in [0.2, 0.25) is 0 Å². The van der Waals surface area contributed by atoms with Crippen molar-refractivity contribution < 1.29 is 8.78 Å². The van der Waals surface area contributed by atoms with Crippen molar-refractivity contribution in [2.24, 2.45) is 0 Å². The molecule has 1 unspecified atom stereocenters. The van der Waals surface area contributed by atoms with Crippen molar-refractivity contribution in [2.75, 3.05) is 17.2 Å². The number of hydrogen-bond donors (Lipinski definition) is 2. The quantitative estimate of drug-likeness (QED) is 0.804. The highest BCUT2D eigenvalue weighted by Crippen LogP contribution is 2.19. The van der Waals surface area contributed by atoms with Crippen LogP contribution in [-0.4, -0.2) is 17.6 Å². The number of hydrogen-bond acceptors (Lipinski definition) is 3. The predicted octanol–water partition coefficient (Wildman–Crippen LogP) is 3.39. The van der Waals surface area contributed by atoms with E-state index in [2.05, 4.69) is 15.6 Å². The van der Waals surface area contributed by atoms with Crippen molar-refractivity contribution in [3.63, 3.8) is 0 Å². The molecule has 0 aromatic carbocycles. The molecule has 3 nitrogen and oxygen atoms in total. The summed E-state index contributed by atoms with van der Waals surface area (Å²) in [5.41, 5.74) is 0. The van der Waals surface area contributed by atoms with Crippen LogP contribution in [-0.2, 0) is 0 Å². The lowest BCUT2D eigenvalue weighted by Crippen LogP contribution is -2.17. The molecule has 1 aromatic rings. The van der Waals surface area contributed by atoms with Crippen LogP contribution in [0.4, 0.5) is 20.4 Å². The molecule has 0 aliphatic carbocycles. The van der Waals surface area contributed by atoms with Gasteiger partial charge < -0.3 is 10.6 Å². The van der Waals surface area contributed by atoms with Crippen LogP contribution < -0.4 is 10.6 Å². The number of anilines is 2. The normalized spacial score (nSPS) is 12.3. The maximum absolute atomic E-state index is 13.5. The molecule has 2 N–H and O–H groups in total. The molecule has 0 saturated heterocycles. The lowest BCUT2D eigenvalue weighted by molar-refractivity contribution is 0.575. The molecule has 0 spiro atoms. The van der Waals surface area contributed by atoms with Gasteiger partial charge in [0.2, 0.25) is 0 Å². The summed E-state index contributed by atoms with van der Waals surface area (Å²) in [4.78, 5) is 3.93. The van der Waals surface area contributed by atoms with Gasteiger partial charge in [0.05, 0.1) is 0 Å². The third kappa shape index (κ3) is 3.84. The van der Waals surface area contributed by atoms with E-state index in [9.17, 15) is 8.78 Å². The molecule has 96 valence electrons. The van der Waals surface area contributed by atoms with Crippen LogP contribution >= 0.6 is 0 Å². The molecule has 0 radical (unpaired) electrons. The van der Waals surface area contributed by atoms with Crippen LogP contribution in [0.1, 0.15) is 33.6 Å². The van der Waals surface area contributed by atoms with Crippen molar-refractivity contribution >= 4 is 11.6 Å². The van der Waals surface area contributed by atoms with E-state index in [4.69, 9.17) is 0 Å². The van der Waals surface area contributed by atoms with E-state index < -0.39 is 11.6 Å².